The number of amides is 1. The quantitative estimate of drug-likeness (QED) is 0.245. The molecule has 0 aliphatic rings. The van der Waals surface area contributed by atoms with Crippen molar-refractivity contribution in [2.24, 2.45) is 0 Å². The maximum absolute atomic E-state index is 12.5. The Hall–Kier alpha value is -3.80. The Labute approximate surface area is 200 Å². The molecule has 1 aromatic heterocycles. The third-order valence-electron chi connectivity index (χ3n) is 4.92. The number of carbonyl (C=O) groups is 1. The number of non-ortho nitro benzene ring substituents is 1. The Morgan fingerprint density at radius 1 is 1.06 bits per heavy atom. The Kier molecular flexibility index (Phi) is 8.30. The molecule has 0 aliphatic heterocycles. The van der Waals surface area contributed by atoms with Gasteiger partial charge in [-0.05, 0) is 30.7 Å². The predicted molar refractivity (Wildman–Crippen MR) is 127 cm³/mol. The van der Waals surface area contributed by atoms with Crippen LogP contribution in [0.4, 0.5) is 11.4 Å². The molecule has 1 amide bonds. The van der Waals surface area contributed by atoms with Gasteiger partial charge in [-0.15, -0.1) is 10.2 Å². The Balaban J connectivity index is 1.67. The maximum Gasteiger partial charge on any atom is 0.273 e. The first kappa shape index (κ1) is 24.8. The minimum Gasteiger partial charge on any atom is -0.494 e. The van der Waals surface area contributed by atoms with E-state index in [9.17, 15) is 14.9 Å². The second-order valence-electron chi connectivity index (χ2n) is 6.99. The van der Waals surface area contributed by atoms with E-state index in [-0.39, 0.29) is 23.1 Å². The molecule has 0 saturated carbocycles. The highest BCUT2D eigenvalue weighted by Crippen LogP contribution is 2.30. The average molecular weight is 488 g/mol. The normalized spacial score (nSPS) is 10.6. The first-order valence-electron chi connectivity index (χ1n) is 10.3. The number of rotatable bonds is 11. The zero-order chi connectivity index (χ0) is 24.7. The van der Waals surface area contributed by atoms with Crippen LogP contribution < -0.4 is 19.5 Å². The number of nitrogens with one attached hydrogen (secondary N) is 1. The average Bonchev–Trinajstić information content (AvgIpc) is 3.23. The lowest BCUT2D eigenvalue weighted by Gasteiger charge is -2.11. The fourth-order valence-electron chi connectivity index (χ4n) is 3.26. The van der Waals surface area contributed by atoms with Crippen molar-refractivity contribution in [3.8, 4) is 17.2 Å². The molecule has 0 radical (unpaired) electrons. The molecular formula is C22H25N5O6S. The smallest absolute Gasteiger partial charge is 0.273 e. The molecule has 0 atom stereocenters. The number of anilines is 1. The standard InChI is InChI=1S/C22H25N5O6S/c1-5-26-20(11-14-6-9-17(31-2)19(10-14)33-4)24-25-22(26)34-13-21(28)23-16-8-7-15(27(29)30)12-18(16)32-3/h6-10,12H,5,11,13H2,1-4H3,(H,23,28). The Morgan fingerprint density at radius 2 is 1.79 bits per heavy atom. The lowest BCUT2D eigenvalue weighted by molar-refractivity contribution is -0.384. The van der Waals surface area contributed by atoms with Gasteiger partial charge in [0.2, 0.25) is 5.91 Å². The molecule has 0 aliphatic carbocycles. The van der Waals surface area contributed by atoms with Crippen LogP contribution in [0.25, 0.3) is 0 Å². The molecule has 3 rings (SSSR count). The molecule has 0 spiro atoms. The zero-order valence-electron chi connectivity index (χ0n) is 19.2. The number of hydrogen-bond donors (Lipinski definition) is 1. The number of methoxy groups -OCH3 is 3. The van der Waals surface area contributed by atoms with Gasteiger partial charge < -0.3 is 24.1 Å². The molecule has 34 heavy (non-hydrogen) atoms. The molecule has 1 N–H and O–H groups in total. The number of hydrogen-bond acceptors (Lipinski definition) is 9. The van der Waals surface area contributed by atoms with Crippen molar-refractivity contribution in [1.29, 1.82) is 0 Å². The third-order valence-corrected chi connectivity index (χ3v) is 5.89. The number of ether oxygens (including phenoxy) is 3. The zero-order valence-corrected chi connectivity index (χ0v) is 20.0. The number of carbonyl (C=O) groups excluding carboxylic acids is 1. The summed E-state index contributed by atoms with van der Waals surface area (Å²) in [5, 5.41) is 22.8. The fourth-order valence-corrected chi connectivity index (χ4v) is 4.08. The third kappa shape index (κ3) is 5.76. The van der Waals surface area contributed by atoms with Gasteiger partial charge in [-0.1, -0.05) is 17.8 Å². The van der Waals surface area contributed by atoms with Crippen LogP contribution in [0.5, 0.6) is 17.2 Å². The van der Waals surface area contributed by atoms with Crippen molar-refractivity contribution in [2.45, 2.75) is 25.0 Å². The highest BCUT2D eigenvalue weighted by molar-refractivity contribution is 7.99. The minimum atomic E-state index is -0.527. The minimum absolute atomic E-state index is 0.0780. The number of nitro benzene ring substituents is 1. The summed E-state index contributed by atoms with van der Waals surface area (Å²) in [6, 6.07) is 9.68. The second-order valence-corrected chi connectivity index (χ2v) is 7.93. The van der Waals surface area contributed by atoms with Crippen molar-refractivity contribution in [3.63, 3.8) is 0 Å². The fraction of sp³-hybridized carbons (Fsp3) is 0.318. The van der Waals surface area contributed by atoms with E-state index in [4.69, 9.17) is 14.2 Å². The number of thioether (sulfide) groups is 1. The molecule has 0 saturated heterocycles. The second kappa shape index (κ2) is 11.4. The van der Waals surface area contributed by atoms with Crippen LogP contribution in [0.1, 0.15) is 18.3 Å². The summed E-state index contributed by atoms with van der Waals surface area (Å²) < 4.78 is 17.8. The summed E-state index contributed by atoms with van der Waals surface area (Å²) in [6.45, 7) is 2.61. The van der Waals surface area contributed by atoms with Gasteiger partial charge in [0.1, 0.15) is 11.6 Å². The van der Waals surface area contributed by atoms with Crippen LogP contribution in [0.3, 0.4) is 0 Å². The van der Waals surface area contributed by atoms with E-state index in [0.717, 1.165) is 11.4 Å². The van der Waals surface area contributed by atoms with Crippen molar-refractivity contribution in [2.75, 3.05) is 32.4 Å². The molecule has 2 aromatic carbocycles. The van der Waals surface area contributed by atoms with E-state index in [0.29, 0.717) is 35.3 Å². The molecule has 12 heteroatoms. The van der Waals surface area contributed by atoms with E-state index in [1.807, 2.05) is 29.7 Å². The van der Waals surface area contributed by atoms with Gasteiger partial charge in [0, 0.05) is 19.0 Å². The lowest BCUT2D eigenvalue weighted by atomic mass is 10.1. The number of nitro groups is 1. The maximum atomic E-state index is 12.5. The SMILES string of the molecule is CCn1c(Cc2ccc(OC)c(OC)c2)nnc1SCC(=O)Nc1ccc([N+](=O)[O-])cc1OC. The van der Waals surface area contributed by atoms with Gasteiger partial charge in [-0.2, -0.15) is 0 Å². The van der Waals surface area contributed by atoms with Gasteiger partial charge in [0.15, 0.2) is 16.7 Å². The molecule has 1 heterocycles. The largest absolute Gasteiger partial charge is 0.494 e. The highest BCUT2D eigenvalue weighted by Gasteiger charge is 2.17. The molecule has 0 unspecified atom stereocenters. The van der Waals surface area contributed by atoms with Crippen LogP contribution in [-0.2, 0) is 17.8 Å². The van der Waals surface area contributed by atoms with Crippen LogP contribution in [0.2, 0.25) is 0 Å². The van der Waals surface area contributed by atoms with Crippen LogP contribution in [0.15, 0.2) is 41.6 Å². The van der Waals surface area contributed by atoms with Gasteiger partial charge in [0.05, 0.1) is 43.8 Å². The Morgan fingerprint density at radius 3 is 2.44 bits per heavy atom. The predicted octanol–water partition coefficient (Wildman–Crippen LogP) is 3.55. The number of benzene rings is 2. The lowest BCUT2D eigenvalue weighted by Crippen LogP contribution is -2.15. The summed E-state index contributed by atoms with van der Waals surface area (Å²) in [6.07, 6.45) is 0.536. The number of aromatic nitrogens is 3. The summed E-state index contributed by atoms with van der Waals surface area (Å²) in [4.78, 5) is 22.9. The summed E-state index contributed by atoms with van der Waals surface area (Å²) in [5.74, 6) is 2.03. The number of nitrogens with zero attached hydrogens (tertiary/aromatic N) is 4. The van der Waals surface area contributed by atoms with Crippen LogP contribution in [-0.4, -0.2) is 52.7 Å². The summed E-state index contributed by atoms with van der Waals surface area (Å²) in [5.41, 5.74) is 1.21. The summed E-state index contributed by atoms with van der Waals surface area (Å²) >= 11 is 1.25. The molecule has 0 fully saturated rings. The van der Waals surface area contributed by atoms with E-state index in [2.05, 4.69) is 15.5 Å². The van der Waals surface area contributed by atoms with E-state index in [1.54, 1.807) is 14.2 Å². The van der Waals surface area contributed by atoms with Crippen molar-refractivity contribution < 1.29 is 23.9 Å². The van der Waals surface area contributed by atoms with Crippen LogP contribution in [0, 0.1) is 10.1 Å². The molecule has 3 aromatic rings. The highest BCUT2D eigenvalue weighted by atomic mass is 32.2. The van der Waals surface area contributed by atoms with Gasteiger partial charge in [-0.3, -0.25) is 14.9 Å². The summed E-state index contributed by atoms with van der Waals surface area (Å²) in [7, 11) is 4.55. The monoisotopic (exact) mass is 487 g/mol. The van der Waals surface area contributed by atoms with Gasteiger partial charge in [0.25, 0.3) is 5.69 Å². The first-order chi connectivity index (χ1) is 16.4. The molecule has 11 nitrogen and oxygen atoms in total. The Bertz CT molecular complexity index is 1180. The first-order valence-corrected chi connectivity index (χ1v) is 11.3. The molecule has 0 bridgehead atoms. The van der Waals surface area contributed by atoms with E-state index < -0.39 is 4.92 Å². The molecular weight excluding hydrogens is 462 g/mol. The topological polar surface area (TPSA) is 131 Å². The molecule has 180 valence electrons. The van der Waals surface area contributed by atoms with Crippen LogP contribution >= 0.6 is 11.8 Å². The van der Waals surface area contributed by atoms with Crippen molar-refractivity contribution in [3.05, 3.63) is 57.9 Å². The van der Waals surface area contributed by atoms with Gasteiger partial charge >= 0.3 is 0 Å². The van der Waals surface area contributed by atoms with E-state index in [1.165, 1.54) is 37.1 Å². The van der Waals surface area contributed by atoms with Crippen molar-refractivity contribution >= 4 is 29.0 Å². The van der Waals surface area contributed by atoms with E-state index >= 15 is 0 Å². The van der Waals surface area contributed by atoms with Gasteiger partial charge in [-0.25, -0.2) is 0 Å². The van der Waals surface area contributed by atoms with Crippen molar-refractivity contribution in [1.82, 2.24) is 14.8 Å².